The van der Waals surface area contributed by atoms with Crippen molar-refractivity contribution < 1.29 is 19.4 Å². The van der Waals surface area contributed by atoms with Crippen LogP contribution in [0.3, 0.4) is 0 Å². The highest BCUT2D eigenvalue weighted by Crippen LogP contribution is 2.24. The molecule has 1 aromatic carbocycles. The molecule has 0 saturated carbocycles. The molecular formula is C13H16BrNO4. The third-order valence-electron chi connectivity index (χ3n) is 2.45. The Morgan fingerprint density at radius 3 is 2.58 bits per heavy atom. The van der Waals surface area contributed by atoms with Crippen molar-refractivity contribution in [3.8, 4) is 5.75 Å². The van der Waals surface area contributed by atoms with E-state index in [4.69, 9.17) is 9.84 Å². The molecule has 19 heavy (non-hydrogen) atoms. The maximum atomic E-state index is 12.1. The van der Waals surface area contributed by atoms with Crippen molar-refractivity contribution in [2.24, 2.45) is 0 Å². The number of carboxylic acids is 1. The number of rotatable bonds is 5. The van der Waals surface area contributed by atoms with Crippen LogP contribution in [0, 0.1) is 0 Å². The summed E-state index contributed by atoms with van der Waals surface area (Å²) in [6.07, 6.45) is -0.155. The number of nitrogens with one attached hydrogen (secondary N) is 1. The smallest absolute Gasteiger partial charge is 0.305 e. The van der Waals surface area contributed by atoms with Crippen molar-refractivity contribution in [1.82, 2.24) is 5.32 Å². The zero-order valence-corrected chi connectivity index (χ0v) is 12.6. The number of hydrogen-bond acceptors (Lipinski definition) is 3. The SMILES string of the molecule is COc1cc(Br)ccc1C(=O)NC(C)(C)CC(=O)O. The number of carboxylic acid groups (broad SMARTS) is 1. The summed E-state index contributed by atoms with van der Waals surface area (Å²) in [7, 11) is 1.47. The van der Waals surface area contributed by atoms with Crippen LogP contribution in [0.15, 0.2) is 22.7 Å². The highest BCUT2D eigenvalue weighted by molar-refractivity contribution is 9.10. The Morgan fingerprint density at radius 1 is 1.42 bits per heavy atom. The fraction of sp³-hybridized carbons (Fsp3) is 0.385. The van der Waals surface area contributed by atoms with E-state index in [-0.39, 0.29) is 12.3 Å². The third-order valence-corrected chi connectivity index (χ3v) is 2.95. The molecule has 0 atom stereocenters. The summed E-state index contributed by atoms with van der Waals surface area (Å²) in [6.45, 7) is 3.31. The molecule has 0 aromatic heterocycles. The Hall–Kier alpha value is -1.56. The van der Waals surface area contributed by atoms with Gasteiger partial charge in [0.05, 0.1) is 19.1 Å². The van der Waals surface area contributed by atoms with E-state index in [1.807, 2.05) is 0 Å². The molecule has 0 saturated heterocycles. The van der Waals surface area contributed by atoms with Crippen molar-refractivity contribution in [2.45, 2.75) is 25.8 Å². The average Bonchev–Trinajstić information content (AvgIpc) is 2.25. The summed E-state index contributed by atoms with van der Waals surface area (Å²) in [5.74, 6) is -0.901. The van der Waals surface area contributed by atoms with Crippen molar-refractivity contribution >= 4 is 27.8 Å². The van der Waals surface area contributed by atoms with E-state index in [1.54, 1.807) is 32.0 Å². The lowest BCUT2D eigenvalue weighted by Gasteiger charge is -2.24. The number of benzene rings is 1. The van der Waals surface area contributed by atoms with Crippen LogP contribution in [-0.4, -0.2) is 29.6 Å². The Kier molecular flexibility index (Phi) is 4.94. The summed E-state index contributed by atoms with van der Waals surface area (Å²) in [6, 6.07) is 5.02. The normalized spacial score (nSPS) is 10.9. The van der Waals surface area contributed by atoms with E-state index in [1.165, 1.54) is 7.11 Å². The van der Waals surface area contributed by atoms with E-state index in [0.29, 0.717) is 11.3 Å². The van der Waals surface area contributed by atoms with E-state index in [2.05, 4.69) is 21.2 Å². The minimum absolute atomic E-state index is 0.155. The largest absolute Gasteiger partial charge is 0.496 e. The van der Waals surface area contributed by atoms with Gasteiger partial charge in [-0.05, 0) is 32.0 Å². The summed E-state index contributed by atoms with van der Waals surface area (Å²) >= 11 is 3.29. The minimum Gasteiger partial charge on any atom is -0.496 e. The van der Waals surface area contributed by atoms with Gasteiger partial charge in [-0.3, -0.25) is 9.59 Å². The molecule has 0 radical (unpaired) electrons. The second-order valence-electron chi connectivity index (χ2n) is 4.75. The minimum atomic E-state index is -0.965. The number of carbonyl (C=O) groups excluding carboxylic acids is 1. The van der Waals surface area contributed by atoms with Crippen LogP contribution in [0.4, 0.5) is 0 Å². The van der Waals surface area contributed by atoms with Crippen LogP contribution in [0.25, 0.3) is 0 Å². The van der Waals surface area contributed by atoms with Crippen LogP contribution in [-0.2, 0) is 4.79 Å². The van der Waals surface area contributed by atoms with Gasteiger partial charge < -0.3 is 15.2 Å². The number of hydrogen-bond donors (Lipinski definition) is 2. The first-order valence-corrected chi connectivity index (χ1v) is 6.42. The van der Waals surface area contributed by atoms with Crippen LogP contribution in [0.1, 0.15) is 30.6 Å². The number of methoxy groups -OCH3 is 1. The van der Waals surface area contributed by atoms with E-state index in [9.17, 15) is 9.59 Å². The first kappa shape index (κ1) is 15.5. The number of halogens is 1. The van der Waals surface area contributed by atoms with Gasteiger partial charge in [-0.1, -0.05) is 15.9 Å². The molecule has 1 aromatic rings. The van der Waals surface area contributed by atoms with Crippen LogP contribution in [0.2, 0.25) is 0 Å². The molecule has 0 aliphatic rings. The highest BCUT2D eigenvalue weighted by atomic mass is 79.9. The van der Waals surface area contributed by atoms with Crippen molar-refractivity contribution in [2.75, 3.05) is 7.11 Å². The molecular weight excluding hydrogens is 314 g/mol. The second kappa shape index (κ2) is 6.06. The van der Waals surface area contributed by atoms with Crippen molar-refractivity contribution in [3.05, 3.63) is 28.2 Å². The molecule has 6 heteroatoms. The fourth-order valence-electron chi connectivity index (χ4n) is 1.65. The molecule has 0 fully saturated rings. The Labute approximate surface area is 120 Å². The maximum absolute atomic E-state index is 12.1. The average molecular weight is 330 g/mol. The lowest BCUT2D eigenvalue weighted by Crippen LogP contribution is -2.45. The Morgan fingerprint density at radius 2 is 2.05 bits per heavy atom. The lowest BCUT2D eigenvalue weighted by atomic mass is 10.00. The van der Waals surface area contributed by atoms with Gasteiger partial charge in [0, 0.05) is 10.0 Å². The molecule has 2 N–H and O–H groups in total. The molecule has 1 rings (SSSR count). The predicted molar refractivity (Wildman–Crippen MR) is 74.5 cm³/mol. The molecule has 1 amide bonds. The first-order chi connectivity index (χ1) is 8.75. The zero-order valence-electron chi connectivity index (χ0n) is 11.0. The number of ether oxygens (including phenoxy) is 1. The topological polar surface area (TPSA) is 75.6 Å². The molecule has 0 spiro atoms. The molecule has 0 bridgehead atoms. The van der Waals surface area contributed by atoms with E-state index in [0.717, 1.165) is 4.47 Å². The number of carbonyl (C=O) groups is 2. The van der Waals surface area contributed by atoms with Crippen LogP contribution in [0.5, 0.6) is 5.75 Å². The summed E-state index contributed by atoms with van der Waals surface area (Å²) in [5, 5.41) is 11.5. The first-order valence-electron chi connectivity index (χ1n) is 5.63. The van der Waals surface area contributed by atoms with Gasteiger partial charge in [-0.15, -0.1) is 0 Å². The quantitative estimate of drug-likeness (QED) is 0.869. The molecule has 0 aliphatic heterocycles. The third kappa shape index (κ3) is 4.55. The van der Waals surface area contributed by atoms with Gasteiger partial charge in [0.15, 0.2) is 0 Å². The Bertz CT molecular complexity index is 499. The molecule has 0 unspecified atom stereocenters. The molecule has 0 heterocycles. The fourth-order valence-corrected chi connectivity index (χ4v) is 1.99. The van der Waals surface area contributed by atoms with Gasteiger partial charge in [-0.2, -0.15) is 0 Å². The van der Waals surface area contributed by atoms with E-state index < -0.39 is 11.5 Å². The molecule has 5 nitrogen and oxygen atoms in total. The van der Waals surface area contributed by atoms with Gasteiger partial charge in [0.2, 0.25) is 0 Å². The highest BCUT2D eigenvalue weighted by Gasteiger charge is 2.25. The summed E-state index contributed by atoms with van der Waals surface area (Å²) in [5.41, 5.74) is -0.467. The standard InChI is InChI=1S/C13H16BrNO4/c1-13(2,7-11(16)17)15-12(18)9-5-4-8(14)6-10(9)19-3/h4-6H,7H2,1-3H3,(H,15,18)(H,16,17). The van der Waals surface area contributed by atoms with Gasteiger partial charge in [-0.25, -0.2) is 0 Å². The zero-order chi connectivity index (χ0) is 14.6. The predicted octanol–water partition coefficient (Wildman–Crippen LogP) is 2.44. The van der Waals surface area contributed by atoms with E-state index >= 15 is 0 Å². The van der Waals surface area contributed by atoms with Crippen LogP contribution < -0.4 is 10.1 Å². The Balaban J connectivity index is 2.92. The monoisotopic (exact) mass is 329 g/mol. The molecule has 0 aliphatic carbocycles. The summed E-state index contributed by atoms with van der Waals surface area (Å²) < 4.78 is 5.93. The van der Waals surface area contributed by atoms with Gasteiger partial charge >= 0.3 is 5.97 Å². The van der Waals surface area contributed by atoms with Gasteiger partial charge in [0.1, 0.15) is 5.75 Å². The van der Waals surface area contributed by atoms with Crippen LogP contribution >= 0.6 is 15.9 Å². The number of aliphatic carboxylic acids is 1. The molecule has 104 valence electrons. The second-order valence-corrected chi connectivity index (χ2v) is 5.67. The maximum Gasteiger partial charge on any atom is 0.305 e. The van der Waals surface area contributed by atoms with Crippen molar-refractivity contribution in [3.63, 3.8) is 0 Å². The summed E-state index contributed by atoms with van der Waals surface area (Å²) in [4.78, 5) is 22.9. The lowest BCUT2D eigenvalue weighted by molar-refractivity contribution is -0.138. The van der Waals surface area contributed by atoms with Gasteiger partial charge in [0.25, 0.3) is 5.91 Å². The number of amides is 1. The van der Waals surface area contributed by atoms with Crippen molar-refractivity contribution in [1.29, 1.82) is 0 Å².